The first-order valence-electron chi connectivity index (χ1n) is 6.67. The summed E-state index contributed by atoms with van der Waals surface area (Å²) in [5.74, 6) is 1.46. The minimum atomic E-state index is 0.371. The summed E-state index contributed by atoms with van der Waals surface area (Å²) in [6.07, 6.45) is 2.73. The first-order chi connectivity index (χ1) is 9.30. The van der Waals surface area contributed by atoms with Gasteiger partial charge in [-0.05, 0) is 24.5 Å². The Morgan fingerprint density at radius 2 is 2.21 bits per heavy atom. The van der Waals surface area contributed by atoms with E-state index in [2.05, 4.69) is 44.5 Å². The predicted octanol–water partition coefficient (Wildman–Crippen LogP) is 3.91. The van der Waals surface area contributed by atoms with Crippen molar-refractivity contribution >= 4 is 27.0 Å². The van der Waals surface area contributed by atoms with Gasteiger partial charge in [-0.3, -0.25) is 0 Å². The summed E-state index contributed by atoms with van der Waals surface area (Å²) in [4.78, 5) is 4.58. The lowest BCUT2D eigenvalue weighted by Gasteiger charge is -2.16. The van der Waals surface area contributed by atoms with E-state index in [9.17, 15) is 0 Å². The summed E-state index contributed by atoms with van der Waals surface area (Å²) in [5.41, 5.74) is 2.12. The molecule has 1 heterocycles. The highest BCUT2D eigenvalue weighted by Crippen LogP contribution is 2.21. The highest BCUT2D eigenvalue weighted by atomic mass is 79.9. The highest BCUT2D eigenvalue weighted by molar-refractivity contribution is 9.09. The van der Waals surface area contributed by atoms with Crippen LogP contribution < -0.4 is 0 Å². The van der Waals surface area contributed by atoms with Gasteiger partial charge in [-0.2, -0.15) is 5.26 Å². The van der Waals surface area contributed by atoms with Crippen LogP contribution in [0.1, 0.15) is 25.6 Å². The quantitative estimate of drug-likeness (QED) is 0.757. The molecule has 1 unspecified atom stereocenters. The van der Waals surface area contributed by atoms with Gasteiger partial charge in [0.15, 0.2) is 0 Å². The lowest BCUT2D eigenvalue weighted by molar-refractivity contribution is 0.455. The number of nitriles is 1. The van der Waals surface area contributed by atoms with Crippen LogP contribution in [0.4, 0.5) is 0 Å². The van der Waals surface area contributed by atoms with Crippen LogP contribution in [0.2, 0.25) is 0 Å². The number of rotatable bonds is 6. The van der Waals surface area contributed by atoms with Crippen molar-refractivity contribution in [1.82, 2.24) is 9.55 Å². The Hall–Kier alpha value is -1.34. The molecule has 0 saturated heterocycles. The molecule has 0 N–H and O–H groups in total. The number of imidazole rings is 1. The van der Waals surface area contributed by atoms with E-state index in [0.717, 1.165) is 28.7 Å². The number of para-hydroxylation sites is 2. The van der Waals surface area contributed by atoms with Gasteiger partial charge in [-0.1, -0.05) is 41.4 Å². The van der Waals surface area contributed by atoms with Gasteiger partial charge in [-0.15, -0.1) is 0 Å². The normalized spacial score (nSPS) is 12.5. The molecule has 3 nitrogen and oxygen atoms in total. The number of hydrogen-bond donors (Lipinski definition) is 0. The minimum Gasteiger partial charge on any atom is -0.327 e. The Bertz CT molecular complexity index is 583. The van der Waals surface area contributed by atoms with E-state index >= 15 is 0 Å². The van der Waals surface area contributed by atoms with Crippen molar-refractivity contribution in [2.24, 2.45) is 5.92 Å². The Labute approximate surface area is 122 Å². The first-order valence-corrected chi connectivity index (χ1v) is 7.79. The van der Waals surface area contributed by atoms with E-state index < -0.39 is 0 Å². The van der Waals surface area contributed by atoms with Crippen LogP contribution in [-0.2, 0) is 13.0 Å². The zero-order chi connectivity index (χ0) is 13.7. The van der Waals surface area contributed by atoms with Crippen molar-refractivity contribution in [2.75, 3.05) is 5.33 Å². The molecule has 0 aliphatic rings. The molecule has 1 atom stereocenters. The van der Waals surface area contributed by atoms with Crippen molar-refractivity contribution in [2.45, 2.75) is 32.7 Å². The Morgan fingerprint density at radius 1 is 1.42 bits per heavy atom. The summed E-state index contributed by atoms with van der Waals surface area (Å²) in [6.45, 7) is 3.13. The maximum absolute atomic E-state index is 8.95. The van der Waals surface area contributed by atoms with Crippen LogP contribution in [0.15, 0.2) is 24.3 Å². The number of nitrogens with zero attached hydrogens (tertiary/aromatic N) is 3. The standard InChI is InChI=1S/C15H18BrN3/c1-2-5-12(10-16)11-19-14-7-4-3-6-13(14)18-15(19)8-9-17/h3-4,6-7,12H,2,5,8,10-11H2,1H3. The summed E-state index contributed by atoms with van der Waals surface area (Å²) in [5, 5.41) is 9.94. The second kappa shape index (κ2) is 6.72. The third kappa shape index (κ3) is 3.16. The molecule has 0 amide bonds. The topological polar surface area (TPSA) is 41.6 Å². The highest BCUT2D eigenvalue weighted by Gasteiger charge is 2.14. The summed E-state index contributed by atoms with van der Waals surface area (Å²) >= 11 is 3.59. The molecular formula is C15H18BrN3. The van der Waals surface area contributed by atoms with Crippen LogP contribution in [0.25, 0.3) is 11.0 Å². The van der Waals surface area contributed by atoms with E-state index in [1.165, 1.54) is 12.8 Å². The minimum absolute atomic E-state index is 0.371. The number of fused-ring (bicyclic) bond motifs is 1. The molecule has 0 aliphatic heterocycles. The predicted molar refractivity (Wildman–Crippen MR) is 81.2 cm³/mol. The maximum Gasteiger partial charge on any atom is 0.124 e. The smallest absolute Gasteiger partial charge is 0.124 e. The zero-order valence-corrected chi connectivity index (χ0v) is 12.7. The number of halogens is 1. The Balaban J connectivity index is 2.38. The number of alkyl halides is 1. The molecule has 0 radical (unpaired) electrons. The van der Waals surface area contributed by atoms with Crippen LogP contribution in [-0.4, -0.2) is 14.9 Å². The Kier molecular flexibility index (Phi) is 4.98. The van der Waals surface area contributed by atoms with Gasteiger partial charge < -0.3 is 4.57 Å². The molecule has 1 aromatic heterocycles. The van der Waals surface area contributed by atoms with Crippen LogP contribution >= 0.6 is 15.9 Å². The molecule has 0 fully saturated rings. The largest absolute Gasteiger partial charge is 0.327 e. The van der Waals surface area contributed by atoms with Crippen molar-refractivity contribution in [3.05, 3.63) is 30.1 Å². The van der Waals surface area contributed by atoms with Gasteiger partial charge in [0.05, 0.1) is 23.5 Å². The monoisotopic (exact) mass is 319 g/mol. The van der Waals surface area contributed by atoms with Gasteiger partial charge >= 0.3 is 0 Å². The second-order valence-corrected chi connectivity index (χ2v) is 5.42. The van der Waals surface area contributed by atoms with E-state index in [1.54, 1.807) is 0 Å². The van der Waals surface area contributed by atoms with Crippen LogP contribution in [0, 0.1) is 17.2 Å². The number of benzene rings is 1. The zero-order valence-electron chi connectivity index (χ0n) is 11.1. The van der Waals surface area contributed by atoms with E-state index in [4.69, 9.17) is 5.26 Å². The molecule has 0 saturated carbocycles. The fourth-order valence-electron chi connectivity index (χ4n) is 2.42. The van der Waals surface area contributed by atoms with Crippen molar-refractivity contribution < 1.29 is 0 Å². The fraction of sp³-hybridized carbons (Fsp3) is 0.467. The summed E-state index contributed by atoms with van der Waals surface area (Å²) in [6, 6.07) is 10.3. The molecule has 100 valence electrons. The average Bonchev–Trinajstić information content (AvgIpc) is 2.77. The average molecular weight is 320 g/mol. The van der Waals surface area contributed by atoms with E-state index in [0.29, 0.717) is 12.3 Å². The molecule has 0 bridgehead atoms. The van der Waals surface area contributed by atoms with Gasteiger partial charge in [0.1, 0.15) is 5.82 Å². The van der Waals surface area contributed by atoms with Gasteiger partial charge in [-0.25, -0.2) is 4.98 Å². The number of aromatic nitrogens is 2. The van der Waals surface area contributed by atoms with Crippen LogP contribution in [0.3, 0.4) is 0 Å². The summed E-state index contributed by atoms with van der Waals surface area (Å²) < 4.78 is 2.21. The third-order valence-corrected chi connectivity index (χ3v) is 4.24. The van der Waals surface area contributed by atoms with Gasteiger partial charge in [0, 0.05) is 11.9 Å². The van der Waals surface area contributed by atoms with Crippen molar-refractivity contribution in [1.29, 1.82) is 5.26 Å². The number of hydrogen-bond acceptors (Lipinski definition) is 2. The molecule has 1 aromatic carbocycles. The van der Waals surface area contributed by atoms with Gasteiger partial charge in [0.25, 0.3) is 0 Å². The van der Waals surface area contributed by atoms with Crippen LogP contribution in [0.5, 0.6) is 0 Å². The Morgan fingerprint density at radius 3 is 2.89 bits per heavy atom. The van der Waals surface area contributed by atoms with Crippen molar-refractivity contribution in [3.8, 4) is 6.07 Å². The fourth-order valence-corrected chi connectivity index (χ4v) is 2.95. The van der Waals surface area contributed by atoms with Crippen molar-refractivity contribution in [3.63, 3.8) is 0 Å². The third-order valence-electron chi connectivity index (χ3n) is 3.33. The lowest BCUT2D eigenvalue weighted by atomic mass is 10.1. The second-order valence-electron chi connectivity index (χ2n) is 4.77. The molecule has 4 heteroatoms. The van der Waals surface area contributed by atoms with Gasteiger partial charge in [0.2, 0.25) is 0 Å². The molecule has 2 rings (SSSR count). The van der Waals surface area contributed by atoms with E-state index in [1.807, 2.05) is 18.2 Å². The maximum atomic E-state index is 8.95. The summed E-state index contributed by atoms with van der Waals surface area (Å²) in [7, 11) is 0. The SMILES string of the molecule is CCCC(CBr)Cn1c(CC#N)nc2ccccc21. The molecule has 0 aliphatic carbocycles. The molecular weight excluding hydrogens is 302 g/mol. The molecule has 2 aromatic rings. The van der Waals surface area contributed by atoms with E-state index in [-0.39, 0.29) is 0 Å². The molecule has 0 spiro atoms. The molecule has 19 heavy (non-hydrogen) atoms. The first kappa shape index (κ1) is 14.1. The lowest BCUT2D eigenvalue weighted by Crippen LogP contribution is -2.14.